The summed E-state index contributed by atoms with van der Waals surface area (Å²) < 4.78 is 16.1. The van der Waals surface area contributed by atoms with E-state index in [-0.39, 0.29) is 12.6 Å². The summed E-state index contributed by atoms with van der Waals surface area (Å²) in [4.78, 5) is 11.8. The Kier molecular flexibility index (Phi) is 5.29. The highest BCUT2D eigenvalue weighted by atomic mass is 16.5. The van der Waals surface area contributed by atoms with Gasteiger partial charge in [0.25, 0.3) is 0 Å². The molecule has 0 aliphatic heterocycles. The second kappa shape index (κ2) is 7.81. The third-order valence-corrected chi connectivity index (χ3v) is 3.94. The van der Waals surface area contributed by atoms with Crippen LogP contribution in [0.3, 0.4) is 0 Å². The van der Waals surface area contributed by atoms with E-state index in [0.717, 1.165) is 48.5 Å². The maximum Gasteiger partial charge on any atom is 0.306 e. The van der Waals surface area contributed by atoms with Gasteiger partial charge in [-0.2, -0.15) is 0 Å². The number of carbonyl (C=O) groups is 1. The zero-order valence-electron chi connectivity index (χ0n) is 13.1. The highest BCUT2D eigenvalue weighted by molar-refractivity contribution is 5.69. The molecule has 5 nitrogen and oxygen atoms in total. The number of hydrogen-bond acceptors (Lipinski definition) is 5. The average molecular weight is 315 g/mol. The second-order valence-electron chi connectivity index (χ2n) is 5.66. The molecule has 0 unspecified atom stereocenters. The van der Waals surface area contributed by atoms with E-state index in [2.05, 4.69) is 5.16 Å². The summed E-state index contributed by atoms with van der Waals surface area (Å²) in [5.41, 5.74) is 1.91. The summed E-state index contributed by atoms with van der Waals surface area (Å²) in [7, 11) is 0. The molecular weight excluding hydrogens is 294 g/mol. The SMILES string of the molecule is O=C(CCCOc1ccccc1)OCc1noc2c1CCCC2. The van der Waals surface area contributed by atoms with E-state index in [0.29, 0.717) is 19.4 Å². The molecule has 0 spiro atoms. The van der Waals surface area contributed by atoms with Crippen LogP contribution in [0.25, 0.3) is 0 Å². The van der Waals surface area contributed by atoms with Crippen molar-refractivity contribution in [3.05, 3.63) is 47.3 Å². The third kappa shape index (κ3) is 4.34. The van der Waals surface area contributed by atoms with Gasteiger partial charge in [-0.1, -0.05) is 23.4 Å². The molecule has 1 aromatic heterocycles. The summed E-state index contributed by atoms with van der Waals surface area (Å²) in [5, 5.41) is 4.03. The number of aromatic nitrogens is 1. The molecule has 0 atom stereocenters. The molecule has 1 aliphatic carbocycles. The first-order valence-corrected chi connectivity index (χ1v) is 8.12. The van der Waals surface area contributed by atoms with Crippen molar-refractivity contribution in [1.29, 1.82) is 0 Å². The molecule has 1 aliphatic rings. The number of fused-ring (bicyclic) bond motifs is 1. The predicted molar refractivity (Wildman–Crippen MR) is 84.1 cm³/mol. The molecule has 2 aromatic rings. The number of esters is 1. The summed E-state index contributed by atoms with van der Waals surface area (Å²) in [6.07, 6.45) is 5.16. The van der Waals surface area contributed by atoms with Gasteiger partial charge in [0.1, 0.15) is 23.8 Å². The van der Waals surface area contributed by atoms with E-state index < -0.39 is 0 Å². The summed E-state index contributed by atoms with van der Waals surface area (Å²) >= 11 is 0. The van der Waals surface area contributed by atoms with Crippen LogP contribution in [0.1, 0.15) is 42.7 Å². The van der Waals surface area contributed by atoms with Crippen LogP contribution >= 0.6 is 0 Å². The fourth-order valence-corrected chi connectivity index (χ4v) is 2.71. The van der Waals surface area contributed by atoms with Crippen LogP contribution in [0.2, 0.25) is 0 Å². The van der Waals surface area contributed by atoms with Gasteiger partial charge in [0, 0.05) is 18.4 Å². The minimum Gasteiger partial charge on any atom is -0.494 e. The first-order chi connectivity index (χ1) is 11.3. The van der Waals surface area contributed by atoms with Crippen molar-refractivity contribution < 1.29 is 18.8 Å². The van der Waals surface area contributed by atoms with Crippen molar-refractivity contribution >= 4 is 5.97 Å². The number of para-hydroxylation sites is 1. The van der Waals surface area contributed by atoms with Crippen molar-refractivity contribution in [1.82, 2.24) is 5.16 Å². The van der Waals surface area contributed by atoms with Gasteiger partial charge in [-0.3, -0.25) is 4.79 Å². The zero-order valence-corrected chi connectivity index (χ0v) is 13.1. The van der Waals surface area contributed by atoms with Gasteiger partial charge in [-0.15, -0.1) is 0 Å². The lowest BCUT2D eigenvalue weighted by atomic mass is 9.97. The first kappa shape index (κ1) is 15.6. The standard InChI is InChI=1S/C18H21NO4/c20-18(11-6-12-21-14-7-2-1-3-8-14)22-13-16-15-9-4-5-10-17(15)23-19-16/h1-3,7-8H,4-6,9-13H2. The monoisotopic (exact) mass is 315 g/mol. The van der Waals surface area contributed by atoms with Gasteiger partial charge in [-0.25, -0.2) is 0 Å². The number of aryl methyl sites for hydroxylation is 1. The number of rotatable bonds is 7. The van der Waals surface area contributed by atoms with Gasteiger partial charge < -0.3 is 14.0 Å². The lowest BCUT2D eigenvalue weighted by Crippen LogP contribution is -2.09. The predicted octanol–water partition coefficient (Wildman–Crippen LogP) is 3.46. The van der Waals surface area contributed by atoms with Crippen LogP contribution in [0.4, 0.5) is 0 Å². The average Bonchev–Trinajstić information content (AvgIpc) is 3.01. The Balaban J connectivity index is 1.36. The van der Waals surface area contributed by atoms with Crippen LogP contribution in [-0.4, -0.2) is 17.7 Å². The molecular formula is C18H21NO4. The molecule has 0 N–H and O–H groups in total. The number of benzene rings is 1. The van der Waals surface area contributed by atoms with E-state index in [4.69, 9.17) is 14.0 Å². The van der Waals surface area contributed by atoms with E-state index >= 15 is 0 Å². The summed E-state index contributed by atoms with van der Waals surface area (Å²) in [6.45, 7) is 0.704. The zero-order chi connectivity index (χ0) is 15.9. The second-order valence-corrected chi connectivity index (χ2v) is 5.66. The summed E-state index contributed by atoms with van der Waals surface area (Å²) in [5.74, 6) is 1.54. The minimum absolute atomic E-state index is 0.206. The lowest BCUT2D eigenvalue weighted by Gasteiger charge is -2.09. The highest BCUT2D eigenvalue weighted by Crippen LogP contribution is 2.24. The van der Waals surface area contributed by atoms with E-state index in [1.807, 2.05) is 30.3 Å². The van der Waals surface area contributed by atoms with Crippen LogP contribution in [0.15, 0.2) is 34.9 Å². The van der Waals surface area contributed by atoms with Crippen LogP contribution < -0.4 is 4.74 Å². The van der Waals surface area contributed by atoms with Crippen molar-refractivity contribution in [3.63, 3.8) is 0 Å². The van der Waals surface area contributed by atoms with Crippen molar-refractivity contribution in [2.75, 3.05) is 6.61 Å². The van der Waals surface area contributed by atoms with Crippen molar-refractivity contribution in [3.8, 4) is 5.75 Å². The van der Waals surface area contributed by atoms with E-state index in [9.17, 15) is 4.79 Å². The molecule has 122 valence electrons. The number of hydrogen-bond donors (Lipinski definition) is 0. The van der Waals surface area contributed by atoms with Gasteiger partial charge >= 0.3 is 5.97 Å². The molecule has 0 fully saturated rings. The van der Waals surface area contributed by atoms with E-state index in [1.54, 1.807) is 0 Å². The Bertz CT molecular complexity index is 636. The van der Waals surface area contributed by atoms with Crippen LogP contribution in [-0.2, 0) is 29.0 Å². The molecule has 0 radical (unpaired) electrons. The van der Waals surface area contributed by atoms with Crippen LogP contribution in [0.5, 0.6) is 5.75 Å². The Hall–Kier alpha value is -2.30. The van der Waals surface area contributed by atoms with Gasteiger partial charge in [-0.05, 0) is 37.8 Å². The van der Waals surface area contributed by atoms with Gasteiger partial charge in [0.15, 0.2) is 0 Å². The quantitative estimate of drug-likeness (QED) is 0.578. The molecule has 0 saturated carbocycles. The van der Waals surface area contributed by atoms with Crippen LogP contribution in [0, 0.1) is 0 Å². The molecule has 1 heterocycles. The Labute approximate surface area is 135 Å². The maximum atomic E-state index is 11.8. The number of nitrogens with zero attached hydrogens (tertiary/aromatic N) is 1. The molecule has 23 heavy (non-hydrogen) atoms. The minimum atomic E-state index is -0.228. The van der Waals surface area contributed by atoms with Gasteiger partial charge in [0.05, 0.1) is 6.61 Å². The highest BCUT2D eigenvalue weighted by Gasteiger charge is 2.20. The molecule has 5 heteroatoms. The fraction of sp³-hybridized carbons (Fsp3) is 0.444. The smallest absolute Gasteiger partial charge is 0.306 e. The first-order valence-electron chi connectivity index (χ1n) is 8.12. The van der Waals surface area contributed by atoms with Crippen molar-refractivity contribution in [2.45, 2.75) is 45.1 Å². The van der Waals surface area contributed by atoms with Gasteiger partial charge in [0.2, 0.25) is 0 Å². The molecule has 3 rings (SSSR count). The molecule has 0 bridgehead atoms. The van der Waals surface area contributed by atoms with E-state index in [1.165, 1.54) is 0 Å². The Morgan fingerprint density at radius 3 is 2.87 bits per heavy atom. The van der Waals surface area contributed by atoms with Crippen molar-refractivity contribution in [2.24, 2.45) is 0 Å². The topological polar surface area (TPSA) is 61.6 Å². The molecule has 0 saturated heterocycles. The summed E-state index contributed by atoms with van der Waals surface area (Å²) in [6, 6.07) is 9.56. The molecule has 1 aromatic carbocycles. The number of carbonyl (C=O) groups excluding carboxylic acids is 1. The Morgan fingerprint density at radius 1 is 1.17 bits per heavy atom. The lowest BCUT2D eigenvalue weighted by molar-refractivity contribution is -0.145. The third-order valence-electron chi connectivity index (χ3n) is 3.94. The maximum absolute atomic E-state index is 11.8. The normalized spacial score (nSPS) is 13.4. The largest absolute Gasteiger partial charge is 0.494 e. The number of ether oxygens (including phenoxy) is 2. The molecule has 0 amide bonds. The Morgan fingerprint density at radius 2 is 2.00 bits per heavy atom. The fourth-order valence-electron chi connectivity index (χ4n) is 2.71.